The Hall–Kier alpha value is -2.20. The van der Waals surface area contributed by atoms with Crippen molar-refractivity contribution in [3.63, 3.8) is 0 Å². The summed E-state index contributed by atoms with van der Waals surface area (Å²) in [5, 5.41) is 9.17. The van der Waals surface area contributed by atoms with Crippen molar-refractivity contribution in [3.8, 4) is 0 Å². The molecule has 1 aromatic heterocycles. The van der Waals surface area contributed by atoms with Crippen LogP contribution in [-0.2, 0) is 6.42 Å². The van der Waals surface area contributed by atoms with E-state index in [1.54, 1.807) is 6.07 Å². The Morgan fingerprint density at radius 2 is 2.12 bits per heavy atom. The Bertz CT molecular complexity index is 714. The highest BCUT2D eigenvalue weighted by Crippen LogP contribution is 2.27. The van der Waals surface area contributed by atoms with Gasteiger partial charge in [-0.3, -0.25) is 4.98 Å². The van der Waals surface area contributed by atoms with Crippen molar-refractivity contribution in [1.29, 1.82) is 0 Å². The number of carbonyl (C=O) groups is 1. The maximum absolute atomic E-state index is 11.2. The number of pyridine rings is 1. The van der Waals surface area contributed by atoms with Crippen LogP contribution in [0.2, 0.25) is 0 Å². The van der Waals surface area contributed by atoms with E-state index in [9.17, 15) is 9.90 Å². The lowest BCUT2D eigenvalue weighted by Gasteiger charge is -2.33. The first-order valence-electron chi connectivity index (χ1n) is 8.60. The summed E-state index contributed by atoms with van der Waals surface area (Å²) in [6.07, 6.45) is 3.25. The molecule has 24 heavy (non-hydrogen) atoms. The van der Waals surface area contributed by atoms with Crippen LogP contribution < -0.4 is 0 Å². The molecule has 1 fully saturated rings. The average molecular weight is 324 g/mol. The van der Waals surface area contributed by atoms with Gasteiger partial charge in [0.1, 0.15) is 0 Å². The molecule has 0 amide bonds. The lowest BCUT2D eigenvalue weighted by molar-refractivity contribution is 0.0696. The van der Waals surface area contributed by atoms with E-state index in [1.165, 1.54) is 0 Å². The molecule has 2 heterocycles. The molecule has 0 unspecified atom stereocenters. The van der Waals surface area contributed by atoms with E-state index >= 15 is 0 Å². The first kappa shape index (κ1) is 16.7. The van der Waals surface area contributed by atoms with Gasteiger partial charge < -0.3 is 10.0 Å². The number of piperidine rings is 1. The quantitative estimate of drug-likeness (QED) is 0.914. The first-order chi connectivity index (χ1) is 11.6. The van der Waals surface area contributed by atoms with Crippen molar-refractivity contribution in [3.05, 3.63) is 65.0 Å². The van der Waals surface area contributed by atoms with Crippen LogP contribution in [-0.4, -0.2) is 40.6 Å². The van der Waals surface area contributed by atoms with Gasteiger partial charge in [-0.25, -0.2) is 4.79 Å². The molecule has 0 aliphatic carbocycles. The Balaban J connectivity index is 1.62. The molecule has 1 saturated heterocycles. The molecule has 1 atom stereocenters. The number of hydrogen-bond acceptors (Lipinski definition) is 3. The summed E-state index contributed by atoms with van der Waals surface area (Å²) >= 11 is 0. The molecule has 0 spiro atoms. The summed E-state index contributed by atoms with van der Waals surface area (Å²) < 4.78 is 0. The number of nitrogens with zero attached hydrogens (tertiary/aromatic N) is 2. The first-order valence-corrected chi connectivity index (χ1v) is 8.60. The minimum atomic E-state index is -0.852. The summed E-state index contributed by atoms with van der Waals surface area (Å²) in [4.78, 5) is 18.2. The van der Waals surface area contributed by atoms with E-state index < -0.39 is 5.97 Å². The summed E-state index contributed by atoms with van der Waals surface area (Å²) in [6, 6.07) is 13.6. The van der Waals surface area contributed by atoms with Crippen LogP contribution in [0.15, 0.2) is 42.5 Å². The highest BCUT2D eigenvalue weighted by Gasteiger charge is 2.21. The second kappa shape index (κ2) is 7.58. The van der Waals surface area contributed by atoms with E-state index in [4.69, 9.17) is 0 Å². The van der Waals surface area contributed by atoms with Gasteiger partial charge in [-0.15, -0.1) is 0 Å². The minimum Gasteiger partial charge on any atom is -0.478 e. The number of carboxylic acids is 1. The third-order valence-corrected chi connectivity index (χ3v) is 4.74. The Labute approximate surface area is 143 Å². The van der Waals surface area contributed by atoms with E-state index in [0.717, 1.165) is 55.8 Å². The maximum atomic E-state index is 11.2. The van der Waals surface area contributed by atoms with Gasteiger partial charge in [0.05, 0.1) is 5.56 Å². The Kier molecular flexibility index (Phi) is 5.26. The lowest BCUT2D eigenvalue weighted by atomic mass is 9.89. The Morgan fingerprint density at radius 3 is 2.92 bits per heavy atom. The monoisotopic (exact) mass is 324 g/mol. The van der Waals surface area contributed by atoms with Crippen LogP contribution in [0.3, 0.4) is 0 Å². The fourth-order valence-electron chi connectivity index (χ4n) is 3.47. The number of likely N-dealkylation sites (tertiary alicyclic amines) is 1. The van der Waals surface area contributed by atoms with Crippen LogP contribution in [0.5, 0.6) is 0 Å². The molecule has 0 saturated carbocycles. The van der Waals surface area contributed by atoms with Gasteiger partial charge in [-0.2, -0.15) is 0 Å². The van der Waals surface area contributed by atoms with Crippen molar-refractivity contribution < 1.29 is 9.90 Å². The van der Waals surface area contributed by atoms with Crippen molar-refractivity contribution in [1.82, 2.24) is 9.88 Å². The molecular weight excluding hydrogens is 300 g/mol. The van der Waals surface area contributed by atoms with Gasteiger partial charge >= 0.3 is 5.97 Å². The largest absolute Gasteiger partial charge is 0.478 e. The minimum absolute atomic E-state index is 0.383. The fraction of sp³-hybridized carbons (Fsp3) is 0.400. The standard InChI is InChI=1S/C20H24N2O2/c1-15-5-2-9-19(21-15)10-12-22-11-4-8-18(14-22)16-6-3-7-17(13-16)20(23)24/h2-3,5-7,9,13,18H,4,8,10-12,14H2,1H3,(H,23,24)/t18-/m1/s1. The molecule has 1 aliphatic rings. The normalized spacial score (nSPS) is 18.5. The van der Waals surface area contributed by atoms with Crippen molar-refractivity contribution in [2.45, 2.75) is 32.1 Å². The predicted molar refractivity (Wildman–Crippen MR) is 94.5 cm³/mol. The topological polar surface area (TPSA) is 53.4 Å². The molecule has 3 rings (SSSR count). The average Bonchev–Trinajstić information content (AvgIpc) is 2.60. The van der Waals surface area contributed by atoms with Gasteiger partial charge in [0.2, 0.25) is 0 Å². The predicted octanol–water partition coefficient (Wildman–Crippen LogP) is 3.51. The third-order valence-electron chi connectivity index (χ3n) is 4.74. The molecule has 2 aromatic rings. The number of aryl methyl sites for hydroxylation is 1. The zero-order valence-corrected chi connectivity index (χ0v) is 14.1. The highest BCUT2D eigenvalue weighted by atomic mass is 16.4. The molecule has 1 aliphatic heterocycles. The summed E-state index contributed by atoms with van der Waals surface area (Å²) in [6.45, 7) is 5.14. The van der Waals surface area contributed by atoms with E-state index in [2.05, 4.69) is 28.1 Å². The number of hydrogen-bond donors (Lipinski definition) is 1. The van der Waals surface area contributed by atoms with Crippen molar-refractivity contribution >= 4 is 5.97 Å². The van der Waals surface area contributed by atoms with Crippen LogP contribution in [0.4, 0.5) is 0 Å². The Morgan fingerprint density at radius 1 is 1.29 bits per heavy atom. The van der Waals surface area contributed by atoms with E-state index in [0.29, 0.717) is 11.5 Å². The molecule has 1 aromatic carbocycles. The molecule has 0 bridgehead atoms. The fourth-order valence-corrected chi connectivity index (χ4v) is 3.47. The maximum Gasteiger partial charge on any atom is 0.335 e. The number of aromatic nitrogens is 1. The van der Waals surface area contributed by atoms with Gasteiger partial charge in [0.15, 0.2) is 0 Å². The molecular formula is C20H24N2O2. The lowest BCUT2D eigenvalue weighted by Crippen LogP contribution is -2.36. The molecule has 1 N–H and O–H groups in total. The number of benzene rings is 1. The van der Waals surface area contributed by atoms with Crippen LogP contribution in [0.1, 0.15) is 46.1 Å². The van der Waals surface area contributed by atoms with Crippen LogP contribution in [0, 0.1) is 6.92 Å². The van der Waals surface area contributed by atoms with Crippen molar-refractivity contribution in [2.75, 3.05) is 19.6 Å². The van der Waals surface area contributed by atoms with Gasteiger partial charge in [-0.05, 0) is 62.1 Å². The highest BCUT2D eigenvalue weighted by molar-refractivity contribution is 5.87. The van der Waals surface area contributed by atoms with Crippen molar-refractivity contribution in [2.24, 2.45) is 0 Å². The second-order valence-corrected chi connectivity index (χ2v) is 6.59. The zero-order valence-electron chi connectivity index (χ0n) is 14.1. The number of rotatable bonds is 5. The zero-order chi connectivity index (χ0) is 16.9. The van der Waals surface area contributed by atoms with Crippen LogP contribution >= 0.6 is 0 Å². The molecule has 0 radical (unpaired) electrons. The van der Waals surface area contributed by atoms with Gasteiger partial charge in [0.25, 0.3) is 0 Å². The number of aromatic carboxylic acids is 1. The summed E-state index contributed by atoms with van der Waals surface area (Å²) in [5.41, 5.74) is 3.74. The van der Waals surface area contributed by atoms with Gasteiger partial charge in [-0.1, -0.05) is 18.2 Å². The second-order valence-electron chi connectivity index (χ2n) is 6.59. The van der Waals surface area contributed by atoms with E-state index in [-0.39, 0.29) is 0 Å². The summed E-state index contributed by atoms with van der Waals surface area (Å²) in [5.74, 6) is -0.432. The van der Waals surface area contributed by atoms with Gasteiger partial charge in [0, 0.05) is 30.9 Å². The smallest absolute Gasteiger partial charge is 0.335 e. The summed E-state index contributed by atoms with van der Waals surface area (Å²) in [7, 11) is 0. The third kappa shape index (κ3) is 4.20. The van der Waals surface area contributed by atoms with Crippen LogP contribution in [0.25, 0.3) is 0 Å². The number of carboxylic acid groups (broad SMARTS) is 1. The SMILES string of the molecule is Cc1cccc(CCN2CCC[C@@H](c3cccc(C(=O)O)c3)C2)n1. The molecule has 126 valence electrons. The molecule has 4 heteroatoms. The van der Waals surface area contributed by atoms with E-state index in [1.807, 2.05) is 25.1 Å². The molecule has 4 nitrogen and oxygen atoms in total.